The molecule has 18 aromatic rings. The van der Waals surface area contributed by atoms with Crippen LogP contribution in [0.15, 0.2) is 419 Å². The van der Waals surface area contributed by atoms with Crippen molar-refractivity contribution in [3.8, 4) is 22.4 Å². The van der Waals surface area contributed by atoms with Gasteiger partial charge in [-0.3, -0.25) is 20.4 Å². The maximum Gasteiger partial charge on any atom is 0.102 e. The number of rotatable bonds is 14. The van der Waals surface area contributed by atoms with E-state index < -0.39 is 23.8 Å². The molecule has 0 bridgehead atoms. The average molecular weight is 1970 g/mol. The van der Waals surface area contributed by atoms with Gasteiger partial charge in [-0.15, -0.1) is 125 Å². The summed E-state index contributed by atoms with van der Waals surface area (Å²) in [6.45, 7) is 12.4. The molecule has 0 fully saturated rings. The Labute approximate surface area is 764 Å². The molecular weight excluding hydrogens is 1880 g/mol. The fourth-order valence-electron chi connectivity index (χ4n) is 13.1. The van der Waals surface area contributed by atoms with Crippen LogP contribution in [-0.2, 0) is 86.0 Å². The topological polar surface area (TPSA) is 161 Å². The molecule has 0 saturated carbocycles. The van der Waals surface area contributed by atoms with Gasteiger partial charge in [0.25, 0.3) is 0 Å². The summed E-state index contributed by atoms with van der Waals surface area (Å²) in [5.41, 5.74) is 31.9. The van der Waals surface area contributed by atoms with Crippen molar-refractivity contribution in [2.75, 3.05) is 0 Å². The second kappa shape index (κ2) is 57.9. The minimum absolute atomic E-state index is 0.180. The smallest absolute Gasteiger partial charge is 0.102 e. The van der Waals surface area contributed by atoms with Crippen molar-refractivity contribution in [2.24, 2.45) is 0 Å². The number of nitrogens with one attached hydrogen (secondary N) is 3. The molecule has 0 amide bonds. The fraction of sp³-hybridized carbons (Fsp3) is 0.0385. The standard InChI is InChI=1S/C20H14N2.3C18H15P.C14H10N2.C13H12N2.3CHO.3ClH.3Ru/c21-13-16-12-19(14-6-2-1-3-7-14)18-11-10-15-8-4-5-9-17(15)20(18)22-16;3*1-4-10-16(11-5-1)19(17-12-6-2-7-13-17)18-14-8-3-9-15-18;15-9-12-8-7-11-6-5-10-3-1-2-4-13(10)14(11)16-12;1-10-5-7-11(8-6-10)13-4-2-3-12(9-14)15-13;3*1-2;;;;;;/h1-8,10-12,21H,13H2;3*1-15H;1-3,5-8,15H,9H2;2-7,14H,9H2,1H3;3*1H;3*1H;;;/q-2;;;;2*-2;3*-1;;;;3*+4. The molecule has 0 spiro atoms. The van der Waals surface area contributed by atoms with E-state index >= 15 is 0 Å². The van der Waals surface area contributed by atoms with Crippen LogP contribution in [0.2, 0.25) is 0 Å². The molecule has 3 aromatic heterocycles. The second-order valence-electron chi connectivity index (χ2n) is 25.9. The van der Waals surface area contributed by atoms with Gasteiger partial charge in [-0.25, -0.2) is 0 Å². The molecule has 122 heavy (non-hydrogen) atoms. The molecule has 3 heterocycles. The van der Waals surface area contributed by atoms with Crippen LogP contribution in [0.4, 0.5) is 0 Å². The number of hydrogen-bond donors (Lipinski definition) is 0. The molecule has 18 rings (SSSR count). The zero-order valence-corrected chi connectivity index (χ0v) is 76.9. The van der Waals surface area contributed by atoms with Gasteiger partial charge in [0.2, 0.25) is 0 Å². The van der Waals surface area contributed by atoms with E-state index in [-0.39, 0.29) is 19.6 Å². The average Bonchev–Trinajstić information content (AvgIpc) is 0.765. The van der Waals surface area contributed by atoms with Gasteiger partial charge in [0.05, 0.1) is 23.8 Å². The summed E-state index contributed by atoms with van der Waals surface area (Å²) >= 11 is 5.47. The Morgan fingerprint density at radius 1 is 0.295 bits per heavy atom. The Morgan fingerprint density at radius 2 is 0.598 bits per heavy atom. The quantitative estimate of drug-likeness (QED) is 0.0346. The van der Waals surface area contributed by atoms with Crippen molar-refractivity contribution >= 4 is 164 Å². The van der Waals surface area contributed by atoms with Gasteiger partial charge in [0.1, 0.15) is 47.7 Å². The van der Waals surface area contributed by atoms with E-state index in [4.69, 9.17) is 31.6 Å². The van der Waals surface area contributed by atoms with Crippen molar-refractivity contribution < 1.29 is 66.3 Å². The predicted molar refractivity (Wildman–Crippen MR) is 516 cm³/mol. The van der Waals surface area contributed by atoms with Crippen LogP contribution >= 0.6 is 52.8 Å². The molecular formula is C104H87Cl3N6O3P3Ru3+3. The van der Waals surface area contributed by atoms with Crippen LogP contribution < -0.4 is 47.7 Å². The summed E-state index contributed by atoms with van der Waals surface area (Å²) in [4.78, 5) is 36.8. The number of fused-ring (bicyclic) bond motifs is 6. The van der Waals surface area contributed by atoms with Crippen LogP contribution in [0.5, 0.6) is 0 Å². The Bertz CT molecular complexity index is 5340. The Kier molecular flexibility index (Phi) is 46.9. The fourth-order valence-corrected chi connectivity index (χ4v) is 20.9. The van der Waals surface area contributed by atoms with Crippen molar-refractivity contribution in [2.45, 2.75) is 26.6 Å². The Hall–Kier alpha value is -10.3. The van der Waals surface area contributed by atoms with Gasteiger partial charge in [-0.1, -0.05) is 244 Å². The van der Waals surface area contributed by atoms with E-state index in [0.29, 0.717) is 0 Å². The van der Waals surface area contributed by atoms with E-state index in [9.17, 15) is 0 Å². The van der Waals surface area contributed by atoms with Crippen molar-refractivity contribution in [1.82, 2.24) is 15.0 Å². The van der Waals surface area contributed by atoms with Crippen LogP contribution in [0.25, 0.3) is 82.9 Å². The molecule has 3 N–H and O–H groups in total. The van der Waals surface area contributed by atoms with Crippen LogP contribution in [0.1, 0.15) is 22.6 Å². The van der Waals surface area contributed by atoms with Gasteiger partial charge in [0.15, 0.2) is 0 Å². The zero-order chi connectivity index (χ0) is 87.3. The largest absolute Gasteiger partial charge is 0.672 e. The summed E-state index contributed by atoms with van der Waals surface area (Å²) < 4.78 is 0. The van der Waals surface area contributed by atoms with Crippen molar-refractivity contribution in [1.29, 1.82) is 0 Å². The molecule has 608 valence electrons. The van der Waals surface area contributed by atoms with Gasteiger partial charge in [-0.2, -0.15) is 0 Å². The molecule has 0 aliphatic carbocycles. The first kappa shape index (κ1) is 98.8. The molecule has 18 heteroatoms. The van der Waals surface area contributed by atoms with Gasteiger partial charge < -0.3 is 46.5 Å². The van der Waals surface area contributed by atoms with E-state index in [2.05, 4.69) is 404 Å². The minimum Gasteiger partial charge on any atom is -0.672 e. The van der Waals surface area contributed by atoms with Crippen molar-refractivity contribution in [3.63, 3.8) is 0 Å². The van der Waals surface area contributed by atoms with Gasteiger partial charge >= 0.3 is 81.0 Å². The second-order valence-corrected chi connectivity index (χ2v) is 33.4. The number of hydrogen-bond acceptors (Lipinski definition) is 6. The molecule has 9 nitrogen and oxygen atoms in total. The Balaban J connectivity index is 0.000000197. The van der Waals surface area contributed by atoms with Gasteiger partial charge in [-0.05, 0) is 166 Å². The monoisotopic (exact) mass is 1970 g/mol. The number of aryl methyl sites for hydroxylation is 1. The van der Waals surface area contributed by atoms with Crippen LogP contribution in [0.3, 0.4) is 0 Å². The number of carbonyl (C=O) groups excluding carboxylic acids is 3. The summed E-state index contributed by atoms with van der Waals surface area (Å²) in [5, 5.41) is 19.5. The van der Waals surface area contributed by atoms with E-state index in [1.165, 1.54) is 53.3 Å². The first-order valence-electron chi connectivity index (χ1n) is 38.0. The van der Waals surface area contributed by atoms with Crippen LogP contribution in [0, 0.1) is 25.1 Å². The number of aromatic nitrogens is 3. The molecule has 0 saturated heterocycles. The van der Waals surface area contributed by atoms with E-state index in [0.717, 1.165) is 82.8 Å². The number of nitrogens with zero attached hydrogens (tertiary/aromatic N) is 3. The van der Waals surface area contributed by atoms with E-state index in [1.807, 2.05) is 156 Å². The summed E-state index contributed by atoms with van der Waals surface area (Å²) in [7, 11) is 11.1. The number of benzene rings is 15. The first-order valence-corrected chi connectivity index (χ1v) is 49.2. The number of pyridine rings is 3. The van der Waals surface area contributed by atoms with Crippen LogP contribution in [-0.4, -0.2) is 35.3 Å². The Morgan fingerprint density at radius 3 is 0.934 bits per heavy atom. The zero-order valence-electron chi connectivity index (χ0n) is 66.5. The molecule has 15 aromatic carbocycles. The minimum atomic E-state index is -0.877. The molecule has 0 atom stereocenters. The van der Waals surface area contributed by atoms with Crippen molar-refractivity contribution in [3.05, 3.63) is 477 Å². The SMILES string of the molecule is Cc1c[c-]c(-c2cccc(C[NH-])n2)cc1.[CH-]=O.[CH-]=O.[CH-]=O.[Cl][Ru+3].[Cl][Ru+3].[Cl][Ru+3].[NH-]Cc1cc(-c2ccccc2)c2ccc3ccc[c-]c3c2n1.[NH-]Cc1ccc2ccc3ccc[c-]c3c2n1.c1ccc([PH+](c2ccccc2)c2ccccc2)cc1.c1ccc([PH+](c2ccccc2)c2ccccc2)cc1.c1ccc([PH+](c2ccccc2)c2ccccc2)cc1. The summed E-state index contributed by atoms with van der Waals surface area (Å²) in [5.74, 6) is 0. The van der Waals surface area contributed by atoms with Gasteiger partial charge in [0, 0.05) is 17.1 Å². The summed E-state index contributed by atoms with van der Waals surface area (Å²) in [6.07, 6.45) is 0. The first-order chi connectivity index (χ1) is 60.4. The normalized spacial score (nSPS) is 9.89. The molecule has 0 aliphatic heterocycles. The maximum atomic E-state index is 7.75. The van der Waals surface area contributed by atoms with E-state index in [1.54, 1.807) is 0 Å². The third kappa shape index (κ3) is 29.8. The summed E-state index contributed by atoms with van der Waals surface area (Å²) in [6, 6.07) is 155. The number of halogens is 3. The third-order valence-corrected chi connectivity index (χ3v) is 26.7. The third-order valence-electron chi connectivity index (χ3n) is 18.5. The molecule has 0 radical (unpaired) electrons. The molecule has 0 unspecified atom stereocenters. The maximum absolute atomic E-state index is 7.75. The molecule has 0 aliphatic rings. The predicted octanol–water partition coefficient (Wildman–Crippen LogP) is 23.3.